The second kappa shape index (κ2) is 11.6. The summed E-state index contributed by atoms with van der Waals surface area (Å²) in [6.45, 7) is 6.81. The van der Waals surface area contributed by atoms with Gasteiger partial charge in [0.2, 0.25) is 11.9 Å². The Bertz CT molecular complexity index is 1640. The summed E-state index contributed by atoms with van der Waals surface area (Å²) >= 11 is 0. The average molecular weight is 549 g/mol. The van der Waals surface area contributed by atoms with E-state index in [9.17, 15) is 14.0 Å². The van der Waals surface area contributed by atoms with Crippen molar-refractivity contribution in [2.24, 2.45) is 0 Å². The maximum atomic E-state index is 15.1. The molecule has 13 heteroatoms. The number of carbonyl (C=O) groups is 1. The number of benzene rings is 2. The highest BCUT2D eigenvalue weighted by molar-refractivity contribution is 5.99. The highest BCUT2D eigenvalue weighted by Crippen LogP contribution is 2.26. The van der Waals surface area contributed by atoms with Gasteiger partial charge in [-0.3, -0.25) is 19.1 Å². The number of hydrogen-bond acceptors (Lipinski definition) is 9. The molecule has 3 N–H and O–H groups in total. The van der Waals surface area contributed by atoms with Crippen molar-refractivity contribution in [2.75, 3.05) is 54.9 Å². The average Bonchev–Trinajstić information content (AvgIpc) is 2.95. The Labute approximate surface area is 227 Å². The third kappa shape index (κ3) is 5.65. The van der Waals surface area contributed by atoms with Crippen LogP contribution in [0.3, 0.4) is 0 Å². The zero-order chi connectivity index (χ0) is 28.2. The van der Waals surface area contributed by atoms with Gasteiger partial charge < -0.3 is 20.6 Å². The number of aromatic nitrogens is 4. The topological polar surface area (TPSA) is 129 Å². The van der Waals surface area contributed by atoms with E-state index in [-0.39, 0.29) is 29.3 Å². The van der Waals surface area contributed by atoms with Crippen molar-refractivity contribution < 1.29 is 18.7 Å². The first-order chi connectivity index (χ1) is 19.4. The number of carbonyl (C=O) groups excluding carboxylic acids is 1. The normalized spacial score (nSPS) is 13.8. The van der Waals surface area contributed by atoms with Crippen molar-refractivity contribution in [2.45, 2.75) is 0 Å². The monoisotopic (exact) mass is 548 g/mol. The molecule has 4 aromatic rings. The SMILES string of the molecule is C=CC(=O)Nc1cc(-n2cnc(=O)c3cnc(Nc4ccc(N5CCN(CCO)CC5)c(F)c4)nc32)ccc1F. The maximum Gasteiger partial charge on any atom is 0.283 e. The number of aliphatic hydroxyl groups is 1. The van der Waals surface area contributed by atoms with Gasteiger partial charge in [-0.2, -0.15) is 9.97 Å². The molecular weight excluding hydrogens is 522 g/mol. The number of rotatable bonds is 8. The van der Waals surface area contributed by atoms with Gasteiger partial charge in [0.1, 0.15) is 23.3 Å². The Kier molecular flexibility index (Phi) is 7.75. The van der Waals surface area contributed by atoms with E-state index in [0.29, 0.717) is 36.7 Å². The van der Waals surface area contributed by atoms with Gasteiger partial charge in [0.05, 0.1) is 23.7 Å². The van der Waals surface area contributed by atoms with E-state index in [1.54, 1.807) is 12.1 Å². The lowest BCUT2D eigenvalue weighted by atomic mass is 10.2. The molecule has 0 spiro atoms. The third-order valence-corrected chi connectivity index (χ3v) is 6.52. The van der Waals surface area contributed by atoms with Crippen LogP contribution in [0.4, 0.5) is 31.8 Å². The summed E-state index contributed by atoms with van der Waals surface area (Å²) in [6, 6.07) is 8.71. The van der Waals surface area contributed by atoms with Gasteiger partial charge in [-0.05, 0) is 42.5 Å². The van der Waals surface area contributed by atoms with Gasteiger partial charge >= 0.3 is 0 Å². The smallest absolute Gasteiger partial charge is 0.283 e. The van der Waals surface area contributed by atoms with E-state index in [2.05, 4.69) is 37.1 Å². The Morgan fingerprint density at radius 3 is 2.60 bits per heavy atom. The summed E-state index contributed by atoms with van der Waals surface area (Å²) in [7, 11) is 0. The maximum absolute atomic E-state index is 15.1. The molecule has 5 rings (SSSR count). The van der Waals surface area contributed by atoms with Crippen LogP contribution in [0.2, 0.25) is 0 Å². The number of halogens is 2. The van der Waals surface area contributed by atoms with Crippen LogP contribution in [-0.4, -0.2) is 74.8 Å². The van der Waals surface area contributed by atoms with Crippen molar-refractivity contribution in [3.05, 3.63) is 83.6 Å². The summed E-state index contributed by atoms with van der Waals surface area (Å²) in [5.41, 5.74) is 0.768. The molecule has 1 amide bonds. The second-order valence-electron chi connectivity index (χ2n) is 9.05. The van der Waals surface area contributed by atoms with E-state index < -0.39 is 23.1 Å². The predicted octanol–water partition coefficient (Wildman–Crippen LogP) is 2.44. The van der Waals surface area contributed by atoms with Crippen LogP contribution >= 0.6 is 0 Å². The molecule has 0 bridgehead atoms. The van der Waals surface area contributed by atoms with E-state index >= 15 is 4.39 Å². The second-order valence-corrected chi connectivity index (χ2v) is 9.05. The number of aliphatic hydroxyl groups excluding tert-OH is 1. The number of nitrogens with one attached hydrogen (secondary N) is 2. The largest absolute Gasteiger partial charge is 0.395 e. The quantitative estimate of drug-likeness (QED) is 0.285. The van der Waals surface area contributed by atoms with Crippen LogP contribution in [0.1, 0.15) is 0 Å². The van der Waals surface area contributed by atoms with Crippen LogP contribution in [0.5, 0.6) is 0 Å². The Hall–Kier alpha value is -4.75. The Morgan fingerprint density at radius 1 is 1.07 bits per heavy atom. The van der Waals surface area contributed by atoms with Crippen molar-refractivity contribution in [1.82, 2.24) is 24.4 Å². The standard InChI is InChI=1S/C27H26F2N8O3/c1-2-24(39)33-22-14-18(4-5-20(22)28)37-16-31-26(40)19-15-30-27(34-25(19)37)32-17-3-6-23(21(29)13-17)36-9-7-35(8-10-36)11-12-38/h2-6,13-16,38H,1,7-12H2,(H,33,39)(H,30,32,34). The van der Waals surface area contributed by atoms with Gasteiger partial charge in [0.25, 0.3) is 5.56 Å². The van der Waals surface area contributed by atoms with Crippen LogP contribution in [0.25, 0.3) is 16.7 Å². The molecule has 1 aliphatic heterocycles. The molecule has 3 heterocycles. The molecule has 1 fully saturated rings. The van der Waals surface area contributed by atoms with Gasteiger partial charge in [-0.1, -0.05) is 6.58 Å². The summed E-state index contributed by atoms with van der Waals surface area (Å²) in [4.78, 5) is 40.7. The fourth-order valence-corrected chi connectivity index (χ4v) is 4.46. The lowest BCUT2D eigenvalue weighted by Crippen LogP contribution is -2.47. The van der Waals surface area contributed by atoms with Gasteiger partial charge in [-0.15, -0.1) is 0 Å². The minimum absolute atomic E-state index is 0.0907. The van der Waals surface area contributed by atoms with Crippen molar-refractivity contribution in [3.63, 3.8) is 0 Å². The zero-order valence-corrected chi connectivity index (χ0v) is 21.3. The molecule has 0 radical (unpaired) electrons. The minimum atomic E-state index is -0.660. The van der Waals surface area contributed by atoms with Gasteiger partial charge in [-0.25, -0.2) is 13.8 Å². The molecule has 2 aromatic heterocycles. The van der Waals surface area contributed by atoms with Gasteiger partial charge in [0.15, 0.2) is 5.65 Å². The number of amides is 1. The number of nitrogens with zero attached hydrogens (tertiary/aromatic N) is 6. The summed E-state index contributed by atoms with van der Waals surface area (Å²) in [6.07, 6.45) is 3.56. The Balaban J connectivity index is 1.42. The highest BCUT2D eigenvalue weighted by atomic mass is 19.1. The highest BCUT2D eigenvalue weighted by Gasteiger charge is 2.20. The zero-order valence-electron chi connectivity index (χ0n) is 21.3. The van der Waals surface area contributed by atoms with Crippen molar-refractivity contribution in [3.8, 4) is 5.69 Å². The lowest BCUT2D eigenvalue weighted by Gasteiger charge is -2.36. The summed E-state index contributed by atoms with van der Waals surface area (Å²) in [5.74, 6) is -1.57. The first kappa shape index (κ1) is 26.8. The molecule has 0 unspecified atom stereocenters. The first-order valence-electron chi connectivity index (χ1n) is 12.5. The van der Waals surface area contributed by atoms with Crippen LogP contribution in [0, 0.1) is 11.6 Å². The fraction of sp³-hybridized carbons (Fsp3) is 0.222. The summed E-state index contributed by atoms with van der Waals surface area (Å²) < 4.78 is 30.8. The minimum Gasteiger partial charge on any atom is -0.395 e. The van der Waals surface area contributed by atoms with Crippen molar-refractivity contribution >= 4 is 40.0 Å². The number of fused-ring (bicyclic) bond motifs is 1. The van der Waals surface area contributed by atoms with E-state index in [1.165, 1.54) is 35.3 Å². The van der Waals surface area contributed by atoms with Crippen LogP contribution < -0.4 is 21.1 Å². The summed E-state index contributed by atoms with van der Waals surface area (Å²) in [5, 5.41) is 14.6. The molecule has 0 atom stereocenters. The van der Waals surface area contributed by atoms with Crippen molar-refractivity contribution in [1.29, 1.82) is 0 Å². The molecule has 1 saturated heterocycles. The lowest BCUT2D eigenvalue weighted by molar-refractivity contribution is -0.111. The molecule has 2 aromatic carbocycles. The van der Waals surface area contributed by atoms with Crippen LogP contribution in [-0.2, 0) is 4.79 Å². The third-order valence-electron chi connectivity index (χ3n) is 6.52. The first-order valence-corrected chi connectivity index (χ1v) is 12.5. The molecule has 40 heavy (non-hydrogen) atoms. The number of hydrogen-bond donors (Lipinski definition) is 3. The van der Waals surface area contributed by atoms with E-state index in [1.807, 2.05) is 4.90 Å². The molecular formula is C27H26F2N8O3. The number of piperazine rings is 1. The molecule has 11 nitrogen and oxygen atoms in total. The molecule has 1 aliphatic rings. The van der Waals surface area contributed by atoms with Crippen LogP contribution in [0.15, 0.2) is 66.4 Å². The molecule has 0 aliphatic carbocycles. The number of anilines is 4. The van der Waals surface area contributed by atoms with E-state index in [4.69, 9.17) is 5.11 Å². The fourth-order valence-electron chi connectivity index (χ4n) is 4.46. The van der Waals surface area contributed by atoms with Gasteiger partial charge in [0, 0.05) is 44.6 Å². The number of β-amino-alcohol motifs (C(OH)–C–C–N with tert-alkyl or cyclic N) is 1. The Morgan fingerprint density at radius 2 is 1.88 bits per heavy atom. The molecule has 206 valence electrons. The van der Waals surface area contributed by atoms with E-state index in [0.717, 1.165) is 25.2 Å². The predicted molar refractivity (Wildman–Crippen MR) is 147 cm³/mol. The molecule has 0 saturated carbocycles.